The number of imide groups is 1. The Morgan fingerprint density at radius 3 is 2.06 bits per heavy atom. The van der Waals surface area contributed by atoms with Crippen molar-refractivity contribution < 1.29 is 19.1 Å². The Balaban J connectivity index is 1.63. The van der Waals surface area contributed by atoms with Crippen molar-refractivity contribution in [1.82, 2.24) is 9.88 Å². The van der Waals surface area contributed by atoms with Crippen LogP contribution in [0.25, 0.3) is 5.69 Å². The van der Waals surface area contributed by atoms with Crippen molar-refractivity contribution >= 4 is 17.6 Å². The molecule has 5 aliphatic rings. The quantitative estimate of drug-likeness (QED) is 0.694. The molecule has 0 radical (unpaired) electrons. The summed E-state index contributed by atoms with van der Waals surface area (Å²) in [4.78, 5) is 37.9. The van der Waals surface area contributed by atoms with Crippen molar-refractivity contribution in [3.8, 4) is 17.2 Å². The lowest BCUT2D eigenvalue weighted by atomic mass is 9.48. The zero-order valence-corrected chi connectivity index (χ0v) is 18.8. The summed E-state index contributed by atoms with van der Waals surface area (Å²) in [6, 6.07) is 4.98. The molecule has 2 aromatic rings. The van der Waals surface area contributed by atoms with Crippen LogP contribution in [0.15, 0.2) is 23.0 Å². The average molecular weight is 450 g/mol. The number of rotatable bonds is 4. The van der Waals surface area contributed by atoms with E-state index in [1.165, 1.54) is 29.9 Å². The summed E-state index contributed by atoms with van der Waals surface area (Å²) in [5.41, 5.74) is 7.58. The van der Waals surface area contributed by atoms with Crippen LogP contribution in [-0.4, -0.2) is 30.6 Å². The SMILES string of the molecule is COc1cc(-n2c(N)c3c(cc2=O)C(=O)NC3=O)c(C23CC4CC(CC(C4)C2)C3)cc1OC. The second-order valence-electron chi connectivity index (χ2n) is 10.2. The molecule has 172 valence electrons. The van der Waals surface area contributed by atoms with Gasteiger partial charge in [-0.2, -0.15) is 0 Å². The van der Waals surface area contributed by atoms with Crippen LogP contribution < -0.4 is 26.1 Å². The number of hydrogen-bond donors (Lipinski definition) is 2. The molecule has 0 atom stereocenters. The zero-order chi connectivity index (χ0) is 23.1. The highest BCUT2D eigenvalue weighted by Gasteiger charge is 2.52. The molecule has 4 saturated carbocycles. The molecule has 7 rings (SSSR count). The first kappa shape index (κ1) is 20.3. The van der Waals surface area contributed by atoms with Gasteiger partial charge in [0.1, 0.15) is 5.82 Å². The molecular weight excluding hydrogens is 422 g/mol. The fraction of sp³-hybridized carbons (Fsp3) is 0.480. The molecule has 0 saturated heterocycles. The van der Waals surface area contributed by atoms with E-state index in [-0.39, 0.29) is 22.4 Å². The van der Waals surface area contributed by atoms with Crippen LogP contribution in [0.3, 0.4) is 0 Å². The molecule has 4 fully saturated rings. The van der Waals surface area contributed by atoms with E-state index in [0.29, 0.717) is 34.9 Å². The van der Waals surface area contributed by atoms with E-state index >= 15 is 0 Å². The van der Waals surface area contributed by atoms with Gasteiger partial charge in [-0.25, -0.2) is 0 Å². The maximum atomic E-state index is 13.3. The van der Waals surface area contributed by atoms with Gasteiger partial charge in [0.25, 0.3) is 17.4 Å². The number of pyridine rings is 1. The Hall–Kier alpha value is -3.29. The van der Waals surface area contributed by atoms with Crippen molar-refractivity contribution in [2.24, 2.45) is 17.8 Å². The van der Waals surface area contributed by atoms with Gasteiger partial charge >= 0.3 is 0 Å². The Morgan fingerprint density at radius 1 is 0.909 bits per heavy atom. The Kier molecular flexibility index (Phi) is 4.22. The number of nitrogens with two attached hydrogens (primary N) is 1. The van der Waals surface area contributed by atoms with Gasteiger partial charge < -0.3 is 15.2 Å². The van der Waals surface area contributed by atoms with Crippen LogP contribution in [0.4, 0.5) is 5.82 Å². The van der Waals surface area contributed by atoms with Crippen molar-refractivity contribution in [3.05, 3.63) is 45.2 Å². The molecule has 2 heterocycles. The van der Waals surface area contributed by atoms with Crippen LogP contribution >= 0.6 is 0 Å². The van der Waals surface area contributed by atoms with Gasteiger partial charge in [0, 0.05) is 12.1 Å². The zero-order valence-electron chi connectivity index (χ0n) is 18.8. The molecule has 3 N–H and O–H groups in total. The van der Waals surface area contributed by atoms with E-state index < -0.39 is 17.4 Å². The topological polar surface area (TPSA) is 113 Å². The van der Waals surface area contributed by atoms with E-state index in [4.69, 9.17) is 15.2 Å². The van der Waals surface area contributed by atoms with Gasteiger partial charge in [0.2, 0.25) is 0 Å². The number of anilines is 1. The number of fused-ring (bicyclic) bond motifs is 1. The van der Waals surface area contributed by atoms with E-state index in [2.05, 4.69) is 5.32 Å². The van der Waals surface area contributed by atoms with Gasteiger partial charge in [-0.05, 0) is 73.3 Å². The predicted octanol–water partition coefficient (Wildman–Crippen LogP) is 2.79. The number of aromatic nitrogens is 1. The van der Waals surface area contributed by atoms with Gasteiger partial charge in [-0.15, -0.1) is 0 Å². The summed E-state index contributed by atoms with van der Waals surface area (Å²) >= 11 is 0. The highest BCUT2D eigenvalue weighted by atomic mass is 16.5. The molecule has 4 bridgehead atoms. The lowest BCUT2D eigenvalue weighted by Gasteiger charge is -2.57. The van der Waals surface area contributed by atoms with Crippen LogP contribution in [0.5, 0.6) is 11.5 Å². The molecule has 1 aromatic carbocycles. The van der Waals surface area contributed by atoms with E-state index in [0.717, 1.165) is 24.8 Å². The maximum absolute atomic E-state index is 13.3. The van der Waals surface area contributed by atoms with Crippen molar-refractivity contribution in [3.63, 3.8) is 0 Å². The summed E-state index contributed by atoms with van der Waals surface area (Å²) in [5, 5.41) is 2.24. The molecule has 1 aliphatic heterocycles. The molecule has 0 unspecified atom stereocenters. The number of benzene rings is 1. The molecular formula is C25H27N3O5. The fourth-order valence-corrected chi connectivity index (χ4v) is 7.45. The third kappa shape index (κ3) is 2.79. The minimum absolute atomic E-state index is 0.0237. The van der Waals surface area contributed by atoms with Crippen molar-refractivity contribution in [2.45, 2.75) is 43.9 Å². The van der Waals surface area contributed by atoms with Crippen molar-refractivity contribution in [2.75, 3.05) is 20.0 Å². The lowest BCUT2D eigenvalue weighted by Crippen LogP contribution is -2.49. The predicted molar refractivity (Wildman–Crippen MR) is 121 cm³/mol. The first-order valence-corrected chi connectivity index (χ1v) is 11.5. The van der Waals surface area contributed by atoms with E-state index in [9.17, 15) is 14.4 Å². The monoisotopic (exact) mass is 449 g/mol. The van der Waals surface area contributed by atoms with Crippen LogP contribution in [0.2, 0.25) is 0 Å². The highest BCUT2D eigenvalue weighted by Crippen LogP contribution is 2.62. The largest absolute Gasteiger partial charge is 0.493 e. The van der Waals surface area contributed by atoms with Crippen molar-refractivity contribution in [1.29, 1.82) is 0 Å². The first-order valence-electron chi connectivity index (χ1n) is 11.5. The first-order chi connectivity index (χ1) is 15.8. The minimum atomic E-state index is -0.598. The summed E-state index contributed by atoms with van der Waals surface area (Å²) in [6.45, 7) is 0. The van der Waals surface area contributed by atoms with Crippen LogP contribution in [0, 0.1) is 17.8 Å². The molecule has 8 nitrogen and oxygen atoms in total. The number of nitrogens with one attached hydrogen (secondary N) is 1. The summed E-state index contributed by atoms with van der Waals surface area (Å²) in [6.07, 6.45) is 7.06. The second kappa shape index (κ2) is 6.85. The summed E-state index contributed by atoms with van der Waals surface area (Å²) < 4.78 is 12.6. The lowest BCUT2D eigenvalue weighted by molar-refractivity contribution is -0.00529. The number of methoxy groups -OCH3 is 2. The van der Waals surface area contributed by atoms with Gasteiger partial charge in [-0.1, -0.05) is 0 Å². The minimum Gasteiger partial charge on any atom is -0.493 e. The number of ether oxygens (including phenoxy) is 2. The Labute approximate surface area is 191 Å². The summed E-state index contributed by atoms with van der Waals surface area (Å²) in [5.74, 6) is 1.94. The smallest absolute Gasteiger partial charge is 0.262 e. The number of nitrogens with zero attached hydrogens (tertiary/aromatic N) is 1. The van der Waals surface area contributed by atoms with Gasteiger partial charge in [0.15, 0.2) is 11.5 Å². The third-order valence-corrected chi connectivity index (χ3v) is 8.31. The fourth-order valence-electron chi connectivity index (χ4n) is 7.45. The Morgan fingerprint density at radius 2 is 1.48 bits per heavy atom. The number of amides is 2. The third-order valence-electron chi connectivity index (χ3n) is 8.31. The average Bonchev–Trinajstić information content (AvgIpc) is 3.05. The normalized spacial score (nSPS) is 29.2. The number of nitrogen functional groups attached to an aromatic ring is 1. The number of hydrogen-bond acceptors (Lipinski definition) is 6. The number of carbonyl (C=O) groups is 2. The van der Waals surface area contributed by atoms with E-state index in [1.54, 1.807) is 20.3 Å². The summed E-state index contributed by atoms with van der Waals surface area (Å²) in [7, 11) is 3.15. The number of carbonyl (C=O) groups excluding carboxylic acids is 2. The standard InChI is InChI=1S/C25H27N3O5/c1-32-18-7-16(25-9-12-3-13(10-25)5-14(4-12)11-25)17(8-19(18)33-2)28-20(29)6-15-21(22(28)26)24(31)27-23(15)30/h6-8,12-14H,3-5,9-11,26H2,1-2H3,(H,27,30,31). The maximum Gasteiger partial charge on any atom is 0.262 e. The van der Waals surface area contributed by atoms with E-state index in [1.807, 2.05) is 6.07 Å². The molecule has 2 amide bonds. The molecule has 4 aliphatic carbocycles. The molecule has 0 spiro atoms. The van der Waals surface area contributed by atoms with Gasteiger partial charge in [0.05, 0.1) is 31.0 Å². The Bertz CT molecular complexity index is 1240. The second-order valence-corrected chi connectivity index (χ2v) is 10.2. The van der Waals surface area contributed by atoms with Crippen LogP contribution in [-0.2, 0) is 5.41 Å². The molecule has 1 aromatic heterocycles. The van der Waals surface area contributed by atoms with Gasteiger partial charge in [-0.3, -0.25) is 24.3 Å². The highest BCUT2D eigenvalue weighted by molar-refractivity contribution is 6.23. The molecule has 33 heavy (non-hydrogen) atoms. The molecule has 8 heteroatoms. The van der Waals surface area contributed by atoms with Crippen LogP contribution in [0.1, 0.15) is 64.8 Å².